The molecule has 3 nitrogen and oxygen atoms in total. The van der Waals surface area contributed by atoms with Crippen LogP contribution in [0.3, 0.4) is 0 Å². The third kappa shape index (κ3) is 2.53. The monoisotopic (exact) mass is 387 g/mol. The van der Waals surface area contributed by atoms with Gasteiger partial charge in [-0.2, -0.15) is 4.31 Å². The molecule has 0 atom stereocenters. The first kappa shape index (κ1) is 13.0. The van der Waals surface area contributed by atoms with Crippen molar-refractivity contribution in [2.75, 3.05) is 13.1 Å². The second-order valence-electron chi connectivity index (χ2n) is 3.65. The third-order valence-corrected chi connectivity index (χ3v) is 7.21. The van der Waals surface area contributed by atoms with Crippen LogP contribution in [0.25, 0.3) is 0 Å². The molecular weight excluding hydrogens is 378 g/mol. The van der Waals surface area contributed by atoms with Gasteiger partial charge in [0.1, 0.15) is 4.90 Å². The van der Waals surface area contributed by atoms with Gasteiger partial charge in [0.2, 0.25) is 10.0 Å². The van der Waals surface area contributed by atoms with Crippen LogP contribution in [0.4, 0.5) is 0 Å². The molecule has 2 heterocycles. The maximum Gasteiger partial charge on any atom is 0.245 e. The highest BCUT2D eigenvalue weighted by Crippen LogP contribution is 2.36. The fraction of sp³-hybridized carbons (Fsp3) is 0.556. The molecule has 0 N–H and O–H groups in total. The number of piperidine rings is 1. The van der Waals surface area contributed by atoms with Crippen molar-refractivity contribution >= 4 is 53.2 Å². The summed E-state index contributed by atoms with van der Waals surface area (Å²) in [6.45, 7) is 1.28. The molecule has 1 saturated heterocycles. The molecule has 1 fully saturated rings. The zero-order valence-electron chi connectivity index (χ0n) is 8.45. The van der Waals surface area contributed by atoms with Crippen LogP contribution >= 0.6 is 43.2 Å². The van der Waals surface area contributed by atoms with Crippen LogP contribution in [0.1, 0.15) is 19.3 Å². The van der Waals surface area contributed by atoms with E-state index in [-0.39, 0.29) is 0 Å². The zero-order valence-corrected chi connectivity index (χ0v) is 13.3. The van der Waals surface area contributed by atoms with Crippen LogP contribution in [-0.4, -0.2) is 25.8 Å². The van der Waals surface area contributed by atoms with Crippen molar-refractivity contribution in [2.24, 2.45) is 0 Å². The number of thiophene rings is 1. The number of hydrogen-bond donors (Lipinski definition) is 0. The molecule has 0 amide bonds. The van der Waals surface area contributed by atoms with Gasteiger partial charge in [-0.1, -0.05) is 6.42 Å². The van der Waals surface area contributed by atoms with Crippen molar-refractivity contribution in [3.05, 3.63) is 13.6 Å². The van der Waals surface area contributed by atoms with Gasteiger partial charge in [-0.05, 0) is 50.8 Å². The Morgan fingerprint density at radius 3 is 2.31 bits per heavy atom. The van der Waals surface area contributed by atoms with E-state index in [0.717, 1.165) is 23.0 Å². The Bertz CT molecular complexity index is 478. The first-order valence-corrected chi connectivity index (χ1v) is 8.81. The first-order chi connectivity index (χ1) is 7.51. The van der Waals surface area contributed by atoms with E-state index in [0.29, 0.717) is 21.8 Å². The van der Waals surface area contributed by atoms with Gasteiger partial charge < -0.3 is 0 Å². The lowest BCUT2D eigenvalue weighted by Gasteiger charge is -2.25. The van der Waals surface area contributed by atoms with E-state index in [1.54, 1.807) is 10.4 Å². The van der Waals surface area contributed by atoms with E-state index in [2.05, 4.69) is 31.9 Å². The molecule has 1 aliphatic rings. The smallest absolute Gasteiger partial charge is 0.207 e. The minimum absolute atomic E-state index is 0.381. The number of rotatable bonds is 2. The highest BCUT2D eigenvalue weighted by molar-refractivity contribution is 9.12. The highest BCUT2D eigenvalue weighted by Gasteiger charge is 2.29. The maximum atomic E-state index is 12.3. The van der Waals surface area contributed by atoms with Crippen molar-refractivity contribution < 1.29 is 8.42 Å². The van der Waals surface area contributed by atoms with Gasteiger partial charge in [0, 0.05) is 13.1 Å². The summed E-state index contributed by atoms with van der Waals surface area (Å²) in [7, 11) is -3.30. The summed E-state index contributed by atoms with van der Waals surface area (Å²) in [6.07, 6.45) is 3.05. The Balaban J connectivity index is 2.34. The lowest BCUT2D eigenvalue weighted by molar-refractivity contribution is 0.346. The van der Waals surface area contributed by atoms with Crippen molar-refractivity contribution in [1.82, 2.24) is 4.31 Å². The third-order valence-electron chi connectivity index (χ3n) is 2.56. The van der Waals surface area contributed by atoms with Crippen LogP contribution in [0, 0.1) is 0 Å². The Morgan fingerprint density at radius 2 is 1.81 bits per heavy atom. The van der Waals surface area contributed by atoms with E-state index < -0.39 is 10.0 Å². The average Bonchev–Trinajstić information content (AvgIpc) is 2.60. The highest BCUT2D eigenvalue weighted by atomic mass is 79.9. The largest absolute Gasteiger partial charge is 0.245 e. The molecule has 0 unspecified atom stereocenters. The molecule has 0 aliphatic carbocycles. The summed E-state index contributed by atoms with van der Waals surface area (Å²) in [5.74, 6) is 0. The summed E-state index contributed by atoms with van der Waals surface area (Å²) < 4.78 is 27.7. The number of sulfonamides is 1. The van der Waals surface area contributed by atoms with Crippen LogP contribution in [0.2, 0.25) is 0 Å². The molecule has 0 spiro atoms. The van der Waals surface area contributed by atoms with Crippen molar-refractivity contribution in [2.45, 2.75) is 24.2 Å². The zero-order chi connectivity index (χ0) is 11.8. The van der Waals surface area contributed by atoms with Crippen molar-refractivity contribution in [3.63, 3.8) is 0 Å². The quantitative estimate of drug-likeness (QED) is 0.777. The van der Waals surface area contributed by atoms with Gasteiger partial charge in [-0.25, -0.2) is 8.42 Å². The number of hydrogen-bond acceptors (Lipinski definition) is 3. The van der Waals surface area contributed by atoms with E-state index in [1.165, 1.54) is 11.3 Å². The van der Waals surface area contributed by atoms with Gasteiger partial charge in [-0.15, -0.1) is 11.3 Å². The molecule has 0 radical (unpaired) electrons. The van der Waals surface area contributed by atoms with Crippen molar-refractivity contribution in [1.29, 1.82) is 0 Å². The topological polar surface area (TPSA) is 37.4 Å². The SMILES string of the molecule is O=S(=O)(c1cc(Br)sc1Br)N1CCCCC1. The van der Waals surface area contributed by atoms with Crippen molar-refractivity contribution in [3.8, 4) is 0 Å². The molecule has 7 heteroatoms. The standard InChI is InChI=1S/C9H11Br2NO2S2/c10-8-6-7(9(11)15-8)16(13,14)12-4-2-1-3-5-12/h6H,1-5H2. The van der Waals surface area contributed by atoms with Gasteiger partial charge in [0.25, 0.3) is 0 Å². The lowest BCUT2D eigenvalue weighted by atomic mass is 10.2. The van der Waals surface area contributed by atoms with Crippen LogP contribution in [0.5, 0.6) is 0 Å². The summed E-state index contributed by atoms with van der Waals surface area (Å²) in [5.41, 5.74) is 0. The average molecular weight is 389 g/mol. The maximum absolute atomic E-state index is 12.3. The van der Waals surface area contributed by atoms with E-state index in [9.17, 15) is 8.42 Å². The van der Waals surface area contributed by atoms with Crippen LogP contribution in [-0.2, 0) is 10.0 Å². The summed E-state index contributed by atoms with van der Waals surface area (Å²) in [6, 6.07) is 1.67. The minimum atomic E-state index is -3.30. The molecule has 1 aliphatic heterocycles. The molecule has 0 bridgehead atoms. The Labute approximate surface area is 116 Å². The first-order valence-electron chi connectivity index (χ1n) is 4.97. The van der Waals surface area contributed by atoms with Gasteiger partial charge in [0.05, 0.1) is 7.57 Å². The molecule has 16 heavy (non-hydrogen) atoms. The normalized spacial score (nSPS) is 18.9. The van der Waals surface area contributed by atoms with E-state index in [4.69, 9.17) is 0 Å². The Kier molecular flexibility index (Phi) is 4.11. The number of halogens is 2. The molecule has 90 valence electrons. The predicted molar refractivity (Wildman–Crippen MR) is 72.3 cm³/mol. The molecule has 0 saturated carbocycles. The van der Waals surface area contributed by atoms with Gasteiger partial charge >= 0.3 is 0 Å². The number of nitrogens with zero attached hydrogens (tertiary/aromatic N) is 1. The molecular formula is C9H11Br2NO2S2. The fourth-order valence-electron chi connectivity index (χ4n) is 1.75. The van der Waals surface area contributed by atoms with E-state index >= 15 is 0 Å². The molecule has 2 rings (SSSR count). The summed E-state index contributed by atoms with van der Waals surface area (Å²) in [5, 5.41) is 0. The molecule has 0 aromatic carbocycles. The second-order valence-corrected chi connectivity index (χ2v) is 9.31. The summed E-state index contributed by atoms with van der Waals surface area (Å²) in [4.78, 5) is 0.381. The van der Waals surface area contributed by atoms with E-state index in [1.807, 2.05) is 0 Å². The van der Waals surface area contributed by atoms with Gasteiger partial charge in [-0.3, -0.25) is 0 Å². The molecule has 1 aromatic heterocycles. The van der Waals surface area contributed by atoms with Crippen LogP contribution in [0.15, 0.2) is 18.5 Å². The summed E-state index contributed by atoms with van der Waals surface area (Å²) >= 11 is 7.99. The molecule has 1 aromatic rings. The minimum Gasteiger partial charge on any atom is -0.207 e. The Morgan fingerprint density at radius 1 is 1.19 bits per heavy atom. The second kappa shape index (κ2) is 5.06. The Hall–Kier alpha value is 0.570. The lowest BCUT2D eigenvalue weighted by Crippen LogP contribution is -2.35. The van der Waals surface area contributed by atoms with Gasteiger partial charge in [0.15, 0.2) is 0 Å². The van der Waals surface area contributed by atoms with Crippen LogP contribution < -0.4 is 0 Å². The predicted octanol–water partition coefficient (Wildman–Crippen LogP) is 3.45. The fourth-order valence-corrected chi connectivity index (χ4v) is 7.02.